The topological polar surface area (TPSA) is 66.3 Å². The van der Waals surface area contributed by atoms with Crippen LogP contribution in [0.5, 0.6) is 0 Å². The highest BCUT2D eigenvalue weighted by Gasteiger charge is 2.34. The minimum atomic E-state index is -0.906. The zero-order valence-electron chi connectivity index (χ0n) is 12.4. The van der Waals surface area contributed by atoms with Crippen molar-refractivity contribution in [3.05, 3.63) is 22.2 Å². The van der Waals surface area contributed by atoms with Gasteiger partial charge in [-0.1, -0.05) is 25.4 Å². The van der Waals surface area contributed by atoms with E-state index in [0.29, 0.717) is 17.5 Å². The van der Waals surface area contributed by atoms with Gasteiger partial charge in [0.05, 0.1) is 6.04 Å². The van der Waals surface area contributed by atoms with E-state index in [1.54, 1.807) is 0 Å². The monoisotopic (exact) mass is 309 g/mol. The minimum absolute atomic E-state index is 0.224. The number of carboxylic acid groups (broad SMARTS) is 1. The number of aryl methyl sites for hydroxylation is 1. The molecule has 3 rings (SSSR count). The average molecular weight is 310 g/mol. The fraction of sp³-hybridized carbons (Fsp3) is 0.667. The molecule has 1 fully saturated rings. The van der Waals surface area contributed by atoms with E-state index >= 15 is 0 Å². The molecule has 21 heavy (non-hydrogen) atoms. The molecule has 1 aliphatic carbocycles. The van der Waals surface area contributed by atoms with Gasteiger partial charge in [0, 0.05) is 17.8 Å². The van der Waals surface area contributed by atoms with Crippen molar-refractivity contribution < 1.29 is 9.90 Å². The molecule has 114 valence electrons. The van der Waals surface area contributed by atoms with Crippen LogP contribution in [0.3, 0.4) is 0 Å². The number of carbonyl (C=O) groups is 1. The van der Waals surface area contributed by atoms with Gasteiger partial charge in [-0.25, -0.2) is 14.8 Å². The van der Waals surface area contributed by atoms with E-state index < -0.39 is 6.09 Å². The quantitative estimate of drug-likeness (QED) is 0.807. The van der Waals surface area contributed by atoms with Gasteiger partial charge in [-0.15, -0.1) is 0 Å². The summed E-state index contributed by atoms with van der Waals surface area (Å²) in [6.07, 6.45) is 3.55. The maximum atomic E-state index is 11.3. The van der Waals surface area contributed by atoms with Crippen molar-refractivity contribution in [1.29, 1.82) is 0 Å². The number of hydrogen-bond acceptors (Lipinski definition) is 3. The Morgan fingerprint density at radius 1 is 1.43 bits per heavy atom. The van der Waals surface area contributed by atoms with E-state index in [1.807, 2.05) is 0 Å². The maximum Gasteiger partial charge on any atom is 0.407 e. The van der Waals surface area contributed by atoms with E-state index in [9.17, 15) is 9.90 Å². The van der Waals surface area contributed by atoms with Crippen LogP contribution in [0.1, 0.15) is 56.2 Å². The van der Waals surface area contributed by atoms with Gasteiger partial charge >= 0.3 is 6.09 Å². The number of likely N-dealkylation sites (tertiary alicyclic amines) is 1. The molecule has 0 spiro atoms. The number of hydrogen-bond donors (Lipinski definition) is 1. The number of fused-ring (bicyclic) bond motifs is 1. The summed E-state index contributed by atoms with van der Waals surface area (Å²) in [5.41, 5.74) is 2.26. The molecule has 1 saturated heterocycles. The van der Waals surface area contributed by atoms with Crippen LogP contribution in [-0.4, -0.2) is 32.6 Å². The summed E-state index contributed by atoms with van der Waals surface area (Å²) in [7, 11) is 0. The van der Waals surface area contributed by atoms with E-state index in [-0.39, 0.29) is 11.5 Å². The van der Waals surface area contributed by atoms with Gasteiger partial charge < -0.3 is 5.11 Å². The van der Waals surface area contributed by atoms with Crippen LogP contribution in [0.15, 0.2) is 0 Å². The van der Waals surface area contributed by atoms with Crippen LogP contribution in [-0.2, 0) is 12.8 Å². The first-order valence-corrected chi connectivity index (χ1v) is 7.80. The van der Waals surface area contributed by atoms with Gasteiger partial charge in [0.1, 0.15) is 5.15 Å². The number of rotatable bonds is 1. The second kappa shape index (κ2) is 5.13. The van der Waals surface area contributed by atoms with E-state index in [4.69, 9.17) is 11.6 Å². The minimum Gasteiger partial charge on any atom is -0.465 e. The summed E-state index contributed by atoms with van der Waals surface area (Å²) in [5.74, 6) is 0.568. The number of nitrogens with zero attached hydrogens (tertiary/aromatic N) is 3. The largest absolute Gasteiger partial charge is 0.465 e. The highest BCUT2D eigenvalue weighted by Crippen LogP contribution is 2.38. The zero-order valence-corrected chi connectivity index (χ0v) is 13.2. The summed E-state index contributed by atoms with van der Waals surface area (Å²) >= 11 is 6.36. The lowest BCUT2D eigenvalue weighted by Crippen LogP contribution is -2.31. The Labute approximate surface area is 129 Å². The number of aromatic nitrogens is 2. The second-order valence-electron chi connectivity index (χ2n) is 6.77. The molecule has 0 saturated carbocycles. The van der Waals surface area contributed by atoms with Gasteiger partial charge in [-0.05, 0) is 37.5 Å². The molecule has 5 nitrogen and oxygen atoms in total. The molecular weight excluding hydrogens is 290 g/mol. The SMILES string of the molecule is CC1(C)CCc2nc([C@H]3CCCN3C(=O)O)nc(Cl)c2C1. The Morgan fingerprint density at radius 2 is 2.19 bits per heavy atom. The lowest BCUT2D eigenvalue weighted by molar-refractivity contribution is 0.138. The van der Waals surface area contributed by atoms with Crippen molar-refractivity contribution in [3.63, 3.8) is 0 Å². The standard InChI is InChI=1S/C15H20ClN3O2/c1-15(2)6-5-10-9(8-15)12(16)18-13(17-10)11-4-3-7-19(11)14(20)21/h11H,3-8H2,1-2H3,(H,20,21)/t11-/m1/s1. The lowest BCUT2D eigenvalue weighted by Gasteiger charge is -2.31. The molecule has 0 bridgehead atoms. The summed E-state index contributed by atoms with van der Waals surface area (Å²) in [6.45, 7) is 5.00. The molecule has 1 N–H and O–H groups in total. The molecule has 0 aromatic carbocycles. The molecule has 2 heterocycles. The molecule has 1 aromatic heterocycles. The molecule has 1 amide bonds. The Kier molecular flexibility index (Phi) is 3.56. The van der Waals surface area contributed by atoms with Crippen LogP contribution >= 0.6 is 11.6 Å². The van der Waals surface area contributed by atoms with Crippen LogP contribution in [0, 0.1) is 5.41 Å². The predicted molar refractivity (Wildman–Crippen MR) is 79.6 cm³/mol. The van der Waals surface area contributed by atoms with Crippen molar-refractivity contribution in [2.24, 2.45) is 5.41 Å². The summed E-state index contributed by atoms with van der Waals surface area (Å²) in [5, 5.41) is 9.76. The summed E-state index contributed by atoms with van der Waals surface area (Å²) in [6, 6.07) is -0.250. The van der Waals surface area contributed by atoms with E-state index in [0.717, 1.165) is 43.4 Å². The van der Waals surface area contributed by atoms with Crippen molar-refractivity contribution in [2.45, 2.75) is 52.0 Å². The smallest absolute Gasteiger partial charge is 0.407 e. The van der Waals surface area contributed by atoms with Crippen LogP contribution in [0.25, 0.3) is 0 Å². The van der Waals surface area contributed by atoms with Crippen LogP contribution < -0.4 is 0 Å². The Morgan fingerprint density at radius 3 is 2.90 bits per heavy atom. The number of halogens is 1. The van der Waals surface area contributed by atoms with Crippen LogP contribution in [0.4, 0.5) is 4.79 Å². The third-order valence-corrected chi connectivity index (χ3v) is 4.86. The molecule has 2 aliphatic rings. The molecular formula is C15H20ClN3O2. The Bertz CT molecular complexity index is 589. The van der Waals surface area contributed by atoms with Crippen molar-refractivity contribution >= 4 is 17.7 Å². The molecule has 0 unspecified atom stereocenters. The van der Waals surface area contributed by atoms with Gasteiger partial charge in [0.2, 0.25) is 0 Å². The van der Waals surface area contributed by atoms with Crippen molar-refractivity contribution in [3.8, 4) is 0 Å². The average Bonchev–Trinajstić information content (AvgIpc) is 2.88. The fourth-order valence-corrected chi connectivity index (χ4v) is 3.60. The van der Waals surface area contributed by atoms with Crippen molar-refractivity contribution in [1.82, 2.24) is 14.9 Å². The first kappa shape index (κ1) is 14.6. The second-order valence-corrected chi connectivity index (χ2v) is 7.13. The highest BCUT2D eigenvalue weighted by atomic mass is 35.5. The van der Waals surface area contributed by atoms with E-state index in [1.165, 1.54) is 4.90 Å². The molecule has 1 aromatic rings. The molecule has 0 radical (unpaired) electrons. The van der Waals surface area contributed by atoms with Crippen LogP contribution in [0.2, 0.25) is 5.15 Å². The van der Waals surface area contributed by atoms with Gasteiger partial charge in [-0.3, -0.25) is 4.90 Å². The Balaban J connectivity index is 1.96. The van der Waals surface area contributed by atoms with E-state index in [2.05, 4.69) is 23.8 Å². The van der Waals surface area contributed by atoms with Gasteiger partial charge in [-0.2, -0.15) is 0 Å². The molecule has 6 heteroatoms. The zero-order chi connectivity index (χ0) is 15.2. The van der Waals surface area contributed by atoms with Crippen molar-refractivity contribution in [2.75, 3.05) is 6.54 Å². The summed E-state index contributed by atoms with van der Waals surface area (Å²) in [4.78, 5) is 21.8. The predicted octanol–water partition coefficient (Wildman–Crippen LogP) is 3.46. The highest BCUT2D eigenvalue weighted by molar-refractivity contribution is 6.30. The first-order chi connectivity index (χ1) is 9.87. The van der Waals surface area contributed by atoms with Gasteiger partial charge in [0.25, 0.3) is 0 Å². The third-order valence-electron chi connectivity index (χ3n) is 4.55. The normalized spacial score (nSPS) is 24.0. The molecule has 1 aliphatic heterocycles. The van der Waals surface area contributed by atoms with Gasteiger partial charge in [0.15, 0.2) is 5.82 Å². The summed E-state index contributed by atoms with van der Waals surface area (Å²) < 4.78 is 0. The first-order valence-electron chi connectivity index (χ1n) is 7.42. The number of amides is 1. The fourth-order valence-electron chi connectivity index (χ4n) is 3.34. The maximum absolute atomic E-state index is 11.3. The third kappa shape index (κ3) is 2.71. The Hall–Kier alpha value is -1.36. The molecule has 1 atom stereocenters. The lowest BCUT2D eigenvalue weighted by atomic mass is 9.76.